The summed E-state index contributed by atoms with van der Waals surface area (Å²) in [6.45, 7) is 4.91. The molecule has 0 saturated carbocycles. The van der Waals surface area contributed by atoms with Crippen molar-refractivity contribution in [1.29, 1.82) is 0 Å². The molecule has 1 N–H and O–H groups in total. The van der Waals surface area contributed by atoms with E-state index in [0.717, 1.165) is 18.0 Å². The topological polar surface area (TPSA) is 21.3 Å². The van der Waals surface area contributed by atoms with Gasteiger partial charge in [-0.2, -0.15) is 11.3 Å². The van der Waals surface area contributed by atoms with Crippen molar-refractivity contribution in [2.75, 3.05) is 5.32 Å². The van der Waals surface area contributed by atoms with Gasteiger partial charge in [-0.3, -0.25) is 0 Å². The highest BCUT2D eigenvalue weighted by molar-refractivity contribution is 7.07. The van der Waals surface area contributed by atoms with Crippen molar-refractivity contribution < 1.29 is 4.74 Å². The van der Waals surface area contributed by atoms with E-state index in [1.165, 1.54) is 5.56 Å². The van der Waals surface area contributed by atoms with Gasteiger partial charge in [0.05, 0.1) is 11.8 Å². The van der Waals surface area contributed by atoms with Crippen LogP contribution in [-0.2, 0) is 6.54 Å². The molecule has 0 aliphatic heterocycles. The third-order valence-electron chi connectivity index (χ3n) is 2.31. The van der Waals surface area contributed by atoms with Crippen LogP contribution in [0.1, 0.15) is 19.4 Å². The first-order valence-corrected chi connectivity index (χ1v) is 6.70. The Morgan fingerprint density at radius 3 is 2.76 bits per heavy atom. The van der Waals surface area contributed by atoms with Crippen molar-refractivity contribution in [3.05, 3.63) is 46.7 Å². The van der Waals surface area contributed by atoms with E-state index in [9.17, 15) is 0 Å². The molecule has 3 heteroatoms. The molecule has 0 fully saturated rings. The average Bonchev–Trinajstić information content (AvgIpc) is 2.80. The predicted octanol–water partition coefficient (Wildman–Crippen LogP) is 4.15. The molecule has 0 aliphatic rings. The molecule has 1 heterocycles. The van der Waals surface area contributed by atoms with Crippen LogP contribution in [0.5, 0.6) is 5.75 Å². The van der Waals surface area contributed by atoms with Crippen LogP contribution in [0.2, 0.25) is 0 Å². The normalized spacial score (nSPS) is 10.5. The van der Waals surface area contributed by atoms with Crippen LogP contribution in [0.3, 0.4) is 0 Å². The monoisotopic (exact) mass is 247 g/mol. The van der Waals surface area contributed by atoms with Gasteiger partial charge in [0.25, 0.3) is 0 Å². The second kappa shape index (κ2) is 5.73. The molecule has 0 bridgehead atoms. The zero-order valence-electron chi connectivity index (χ0n) is 10.1. The summed E-state index contributed by atoms with van der Waals surface area (Å²) in [4.78, 5) is 0. The second-order valence-corrected chi connectivity index (χ2v) is 4.93. The van der Waals surface area contributed by atoms with Crippen molar-refractivity contribution in [2.24, 2.45) is 0 Å². The molecule has 0 aliphatic carbocycles. The number of hydrogen-bond acceptors (Lipinski definition) is 3. The number of para-hydroxylation sites is 2. The quantitative estimate of drug-likeness (QED) is 0.857. The Morgan fingerprint density at radius 1 is 1.24 bits per heavy atom. The molecule has 90 valence electrons. The van der Waals surface area contributed by atoms with Gasteiger partial charge in [0.15, 0.2) is 0 Å². The molecular formula is C14H17NOS. The predicted molar refractivity (Wildman–Crippen MR) is 73.9 cm³/mol. The lowest BCUT2D eigenvalue weighted by atomic mass is 10.2. The number of anilines is 1. The molecule has 0 radical (unpaired) electrons. The van der Waals surface area contributed by atoms with Crippen molar-refractivity contribution in [3.8, 4) is 5.75 Å². The van der Waals surface area contributed by atoms with Crippen LogP contribution in [0.4, 0.5) is 5.69 Å². The minimum absolute atomic E-state index is 0.194. The average molecular weight is 247 g/mol. The van der Waals surface area contributed by atoms with Gasteiger partial charge in [0.1, 0.15) is 5.75 Å². The Balaban J connectivity index is 2.04. The maximum Gasteiger partial charge on any atom is 0.142 e. The summed E-state index contributed by atoms with van der Waals surface area (Å²) >= 11 is 1.72. The highest BCUT2D eigenvalue weighted by atomic mass is 32.1. The molecule has 0 saturated heterocycles. The molecule has 0 atom stereocenters. The number of nitrogens with one attached hydrogen (secondary N) is 1. The minimum atomic E-state index is 0.194. The number of rotatable bonds is 5. The molecule has 0 unspecified atom stereocenters. The first-order valence-electron chi connectivity index (χ1n) is 5.76. The molecular weight excluding hydrogens is 230 g/mol. The van der Waals surface area contributed by atoms with Crippen LogP contribution in [0.25, 0.3) is 0 Å². The number of thiophene rings is 1. The standard InChI is InChI=1S/C14H17NOS/c1-11(2)16-14-6-4-3-5-13(14)15-9-12-7-8-17-10-12/h3-8,10-11,15H,9H2,1-2H3. The molecule has 0 spiro atoms. The maximum atomic E-state index is 5.76. The summed E-state index contributed by atoms with van der Waals surface area (Å²) in [6.07, 6.45) is 0.194. The van der Waals surface area contributed by atoms with Gasteiger partial charge in [-0.1, -0.05) is 12.1 Å². The van der Waals surface area contributed by atoms with Gasteiger partial charge in [0, 0.05) is 6.54 Å². The van der Waals surface area contributed by atoms with Gasteiger partial charge < -0.3 is 10.1 Å². The Morgan fingerprint density at radius 2 is 2.06 bits per heavy atom. The highest BCUT2D eigenvalue weighted by Crippen LogP contribution is 2.25. The Hall–Kier alpha value is -1.48. The highest BCUT2D eigenvalue weighted by Gasteiger charge is 2.04. The van der Waals surface area contributed by atoms with Gasteiger partial charge in [-0.15, -0.1) is 0 Å². The largest absolute Gasteiger partial charge is 0.489 e. The van der Waals surface area contributed by atoms with Gasteiger partial charge in [-0.25, -0.2) is 0 Å². The molecule has 2 aromatic rings. The summed E-state index contributed by atoms with van der Waals surface area (Å²) in [6, 6.07) is 10.2. The maximum absolute atomic E-state index is 5.76. The van der Waals surface area contributed by atoms with Crippen LogP contribution in [0, 0.1) is 0 Å². The fourth-order valence-electron chi connectivity index (χ4n) is 1.56. The summed E-state index contributed by atoms with van der Waals surface area (Å²) in [5.41, 5.74) is 2.35. The van der Waals surface area contributed by atoms with Crippen LogP contribution < -0.4 is 10.1 Å². The molecule has 2 rings (SSSR count). The second-order valence-electron chi connectivity index (χ2n) is 4.15. The Kier molecular flexibility index (Phi) is 4.04. The van der Waals surface area contributed by atoms with E-state index < -0.39 is 0 Å². The van der Waals surface area contributed by atoms with Crippen LogP contribution in [0.15, 0.2) is 41.1 Å². The van der Waals surface area contributed by atoms with E-state index >= 15 is 0 Å². The summed E-state index contributed by atoms with van der Waals surface area (Å²) in [7, 11) is 0. The number of benzene rings is 1. The fourth-order valence-corrected chi connectivity index (χ4v) is 2.23. The minimum Gasteiger partial charge on any atom is -0.489 e. The van der Waals surface area contributed by atoms with Crippen molar-refractivity contribution in [3.63, 3.8) is 0 Å². The first-order chi connectivity index (χ1) is 8.25. The third kappa shape index (κ3) is 3.49. The summed E-state index contributed by atoms with van der Waals surface area (Å²) in [5, 5.41) is 7.65. The first kappa shape index (κ1) is 12.0. The van der Waals surface area contributed by atoms with Crippen LogP contribution in [-0.4, -0.2) is 6.10 Å². The Labute approximate surface area is 106 Å². The molecule has 2 nitrogen and oxygen atoms in total. The SMILES string of the molecule is CC(C)Oc1ccccc1NCc1ccsc1. The number of ether oxygens (including phenoxy) is 1. The zero-order valence-corrected chi connectivity index (χ0v) is 11.0. The molecule has 1 aromatic carbocycles. The lowest BCUT2D eigenvalue weighted by Crippen LogP contribution is -2.08. The zero-order chi connectivity index (χ0) is 12.1. The smallest absolute Gasteiger partial charge is 0.142 e. The van der Waals surface area contributed by atoms with Crippen molar-refractivity contribution >= 4 is 17.0 Å². The van der Waals surface area contributed by atoms with Gasteiger partial charge in [0.2, 0.25) is 0 Å². The third-order valence-corrected chi connectivity index (χ3v) is 3.04. The molecule has 0 amide bonds. The van der Waals surface area contributed by atoms with Gasteiger partial charge >= 0.3 is 0 Å². The number of hydrogen-bond donors (Lipinski definition) is 1. The lowest BCUT2D eigenvalue weighted by Gasteiger charge is -2.15. The molecule has 1 aromatic heterocycles. The van der Waals surface area contributed by atoms with E-state index in [1.807, 2.05) is 38.1 Å². The fraction of sp³-hybridized carbons (Fsp3) is 0.286. The van der Waals surface area contributed by atoms with E-state index in [0.29, 0.717) is 0 Å². The summed E-state index contributed by atoms with van der Waals surface area (Å²) in [5.74, 6) is 0.915. The van der Waals surface area contributed by atoms with Crippen LogP contribution >= 0.6 is 11.3 Å². The van der Waals surface area contributed by atoms with E-state index in [4.69, 9.17) is 4.74 Å². The van der Waals surface area contributed by atoms with Crippen molar-refractivity contribution in [1.82, 2.24) is 0 Å². The van der Waals surface area contributed by atoms with E-state index in [2.05, 4.69) is 22.1 Å². The van der Waals surface area contributed by atoms with Crippen molar-refractivity contribution in [2.45, 2.75) is 26.5 Å². The van der Waals surface area contributed by atoms with E-state index in [-0.39, 0.29) is 6.10 Å². The lowest BCUT2D eigenvalue weighted by molar-refractivity contribution is 0.243. The van der Waals surface area contributed by atoms with Gasteiger partial charge in [-0.05, 0) is 48.4 Å². The summed E-state index contributed by atoms with van der Waals surface area (Å²) < 4.78 is 5.76. The van der Waals surface area contributed by atoms with E-state index in [1.54, 1.807) is 11.3 Å². The molecule has 17 heavy (non-hydrogen) atoms. The Bertz CT molecular complexity index is 451.